The maximum Gasteiger partial charge on any atom is 0.322 e. The van der Waals surface area contributed by atoms with Crippen LogP contribution in [0.25, 0.3) is 11.8 Å². The number of rotatable bonds is 6. The molecule has 0 unspecified atom stereocenters. The van der Waals surface area contributed by atoms with E-state index < -0.39 is 5.95 Å². The first-order chi connectivity index (χ1) is 20.4. The van der Waals surface area contributed by atoms with Crippen LogP contribution in [0.1, 0.15) is 29.5 Å². The SMILES string of the molecule is O=C(NCc1ccnc(F)c1)N1CC2(CCN(CC=Cc3ccc(Cl)cc3)CC2)c2cc(-n3ccccc3=O)ccc21. The van der Waals surface area contributed by atoms with Crippen LogP contribution in [0.3, 0.4) is 0 Å². The number of aromatic nitrogens is 2. The number of amides is 2. The minimum atomic E-state index is -0.578. The molecule has 214 valence electrons. The first-order valence-corrected chi connectivity index (χ1v) is 14.4. The molecule has 7 nitrogen and oxygen atoms in total. The number of hydrogen-bond acceptors (Lipinski definition) is 4. The second-order valence-corrected chi connectivity index (χ2v) is 11.3. The first-order valence-electron chi connectivity index (χ1n) is 14.0. The summed E-state index contributed by atoms with van der Waals surface area (Å²) < 4.78 is 15.2. The summed E-state index contributed by atoms with van der Waals surface area (Å²) in [7, 11) is 0. The molecule has 1 spiro atoms. The molecule has 42 heavy (non-hydrogen) atoms. The number of anilines is 1. The third kappa shape index (κ3) is 5.86. The normalized spacial score (nSPS) is 16.2. The molecule has 1 fully saturated rings. The molecule has 0 radical (unpaired) electrons. The fourth-order valence-corrected chi connectivity index (χ4v) is 6.08. The quantitative estimate of drug-likeness (QED) is 0.291. The van der Waals surface area contributed by atoms with Gasteiger partial charge in [0.15, 0.2) is 0 Å². The Morgan fingerprint density at radius 1 is 1.05 bits per heavy atom. The molecule has 2 amide bonds. The van der Waals surface area contributed by atoms with Crippen molar-refractivity contribution in [1.82, 2.24) is 19.8 Å². The molecule has 4 heterocycles. The Labute approximate surface area is 248 Å². The number of nitrogens with zero attached hydrogens (tertiary/aromatic N) is 4. The first kappa shape index (κ1) is 27.9. The molecule has 2 aromatic heterocycles. The van der Waals surface area contributed by atoms with E-state index in [4.69, 9.17) is 11.6 Å². The second kappa shape index (κ2) is 11.9. The zero-order valence-corrected chi connectivity index (χ0v) is 23.8. The van der Waals surface area contributed by atoms with Crippen molar-refractivity contribution in [2.45, 2.75) is 24.8 Å². The molecule has 0 bridgehead atoms. The Morgan fingerprint density at radius 2 is 1.86 bits per heavy atom. The zero-order valence-electron chi connectivity index (χ0n) is 23.0. The Kier molecular flexibility index (Phi) is 7.91. The lowest BCUT2D eigenvalue weighted by Gasteiger charge is -2.39. The maximum absolute atomic E-state index is 13.6. The molecule has 9 heteroatoms. The minimum Gasteiger partial charge on any atom is -0.334 e. The van der Waals surface area contributed by atoms with E-state index in [1.54, 1.807) is 33.9 Å². The van der Waals surface area contributed by atoms with Gasteiger partial charge in [-0.25, -0.2) is 9.78 Å². The lowest BCUT2D eigenvalue weighted by molar-refractivity contribution is 0.180. The average molecular weight is 584 g/mol. The fourth-order valence-electron chi connectivity index (χ4n) is 5.96. The van der Waals surface area contributed by atoms with E-state index in [9.17, 15) is 14.0 Å². The second-order valence-electron chi connectivity index (χ2n) is 10.9. The zero-order chi connectivity index (χ0) is 29.1. The van der Waals surface area contributed by atoms with Crippen LogP contribution in [-0.2, 0) is 12.0 Å². The van der Waals surface area contributed by atoms with Crippen molar-refractivity contribution in [3.63, 3.8) is 0 Å². The topological polar surface area (TPSA) is 70.5 Å². The number of nitrogens with one attached hydrogen (secondary N) is 1. The van der Waals surface area contributed by atoms with Gasteiger partial charge < -0.3 is 5.32 Å². The van der Waals surface area contributed by atoms with E-state index in [0.29, 0.717) is 12.1 Å². The number of carbonyl (C=O) groups is 1. The van der Waals surface area contributed by atoms with Crippen molar-refractivity contribution in [3.8, 4) is 5.69 Å². The van der Waals surface area contributed by atoms with Crippen LogP contribution in [0.4, 0.5) is 14.9 Å². The van der Waals surface area contributed by atoms with Gasteiger partial charge in [0.05, 0.1) is 0 Å². The lowest BCUT2D eigenvalue weighted by atomic mass is 9.74. The monoisotopic (exact) mass is 583 g/mol. The maximum atomic E-state index is 13.6. The van der Waals surface area contributed by atoms with E-state index in [0.717, 1.165) is 60.0 Å². The van der Waals surface area contributed by atoms with Gasteiger partial charge in [-0.15, -0.1) is 0 Å². The van der Waals surface area contributed by atoms with Crippen LogP contribution >= 0.6 is 11.6 Å². The van der Waals surface area contributed by atoms with E-state index in [-0.39, 0.29) is 23.6 Å². The van der Waals surface area contributed by atoms with E-state index >= 15 is 0 Å². The van der Waals surface area contributed by atoms with Gasteiger partial charge in [0.1, 0.15) is 0 Å². The number of hydrogen-bond donors (Lipinski definition) is 1. The van der Waals surface area contributed by atoms with E-state index in [1.807, 2.05) is 42.5 Å². The van der Waals surface area contributed by atoms with Crippen molar-refractivity contribution in [3.05, 3.63) is 129 Å². The highest BCUT2D eigenvalue weighted by Gasteiger charge is 2.46. The molecule has 6 rings (SSSR count). The number of fused-ring (bicyclic) bond motifs is 2. The average Bonchev–Trinajstić information content (AvgIpc) is 3.31. The number of urea groups is 1. The number of likely N-dealkylation sites (tertiary alicyclic amines) is 1. The summed E-state index contributed by atoms with van der Waals surface area (Å²) in [5.74, 6) is -0.578. The van der Waals surface area contributed by atoms with Gasteiger partial charge >= 0.3 is 6.03 Å². The highest BCUT2D eigenvalue weighted by atomic mass is 35.5. The van der Waals surface area contributed by atoms with Gasteiger partial charge in [0, 0.05) is 59.9 Å². The third-order valence-corrected chi connectivity index (χ3v) is 8.49. The number of carbonyl (C=O) groups excluding carboxylic acids is 1. The summed E-state index contributed by atoms with van der Waals surface area (Å²) in [6, 6.07) is 21.5. The molecule has 1 saturated heterocycles. The van der Waals surface area contributed by atoms with Crippen molar-refractivity contribution >= 4 is 29.4 Å². The van der Waals surface area contributed by atoms with Gasteiger partial charge in [0.2, 0.25) is 5.95 Å². The number of piperidine rings is 1. The standard InChI is InChI=1S/C33H31ClFN5O2/c34-26-8-6-24(7-9-26)4-3-16-38-18-13-33(14-19-38)23-40(32(42)37-22-25-12-15-36-30(35)20-25)29-11-10-27(21-28(29)33)39-17-2-1-5-31(39)41/h1-12,15,17,20-21H,13-14,16,18-19,22-23H2,(H,37,42). The smallest absolute Gasteiger partial charge is 0.322 e. The Hall–Kier alpha value is -4.27. The van der Waals surface area contributed by atoms with Crippen LogP contribution < -0.4 is 15.8 Å². The molecule has 2 aromatic carbocycles. The summed E-state index contributed by atoms with van der Waals surface area (Å²) >= 11 is 6.00. The van der Waals surface area contributed by atoms with Crippen LogP contribution in [-0.4, -0.2) is 46.7 Å². The highest BCUT2D eigenvalue weighted by Crippen LogP contribution is 2.47. The minimum absolute atomic E-state index is 0.106. The fraction of sp³-hybridized carbons (Fsp3) is 0.242. The van der Waals surface area contributed by atoms with Crippen LogP contribution in [0.2, 0.25) is 5.02 Å². The summed E-state index contributed by atoms with van der Waals surface area (Å²) in [6.45, 7) is 3.33. The highest BCUT2D eigenvalue weighted by molar-refractivity contribution is 6.30. The largest absolute Gasteiger partial charge is 0.334 e. The van der Waals surface area contributed by atoms with E-state index in [2.05, 4.69) is 33.4 Å². The molecule has 0 aliphatic carbocycles. The number of pyridine rings is 2. The van der Waals surface area contributed by atoms with Crippen molar-refractivity contribution in [1.29, 1.82) is 0 Å². The summed E-state index contributed by atoms with van der Waals surface area (Å²) in [5, 5.41) is 3.67. The van der Waals surface area contributed by atoms with E-state index in [1.165, 1.54) is 12.3 Å². The Morgan fingerprint density at radius 3 is 2.62 bits per heavy atom. The number of halogens is 2. The lowest BCUT2D eigenvalue weighted by Crippen LogP contribution is -2.47. The summed E-state index contributed by atoms with van der Waals surface area (Å²) in [6.07, 6.45) is 9.19. The predicted octanol–water partition coefficient (Wildman–Crippen LogP) is 5.80. The Bertz CT molecular complexity index is 1680. The molecular formula is C33H31ClFN5O2. The van der Waals surface area contributed by atoms with Gasteiger partial charge in [-0.05, 0) is 91.2 Å². The predicted molar refractivity (Wildman–Crippen MR) is 164 cm³/mol. The van der Waals surface area contributed by atoms with Crippen molar-refractivity contribution < 1.29 is 9.18 Å². The van der Waals surface area contributed by atoms with Crippen LogP contribution in [0.5, 0.6) is 0 Å². The Balaban J connectivity index is 1.22. The van der Waals surface area contributed by atoms with Crippen LogP contribution in [0, 0.1) is 5.95 Å². The molecule has 1 N–H and O–H groups in total. The van der Waals surface area contributed by atoms with Crippen molar-refractivity contribution in [2.75, 3.05) is 31.1 Å². The molecule has 2 aliphatic rings. The van der Waals surface area contributed by atoms with Gasteiger partial charge in [-0.3, -0.25) is 19.2 Å². The van der Waals surface area contributed by atoms with Crippen molar-refractivity contribution in [2.24, 2.45) is 0 Å². The molecule has 4 aromatic rings. The molecule has 0 atom stereocenters. The summed E-state index contributed by atoms with van der Waals surface area (Å²) in [5.41, 5.74) is 4.11. The summed E-state index contributed by atoms with van der Waals surface area (Å²) in [4.78, 5) is 33.9. The molecule has 0 saturated carbocycles. The van der Waals surface area contributed by atoms with Gasteiger partial charge in [-0.1, -0.05) is 42.0 Å². The van der Waals surface area contributed by atoms with Gasteiger partial charge in [-0.2, -0.15) is 4.39 Å². The number of benzene rings is 2. The third-order valence-electron chi connectivity index (χ3n) is 8.24. The molecular weight excluding hydrogens is 553 g/mol. The van der Waals surface area contributed by atoms with Gasteiger partial charge in [0.25, 0.3) is 5.56 Å². The van der Waals surface area contributed by atoms with Crippen LogP contribution in [0.15, 0.2) is 96.1 Å². The molecule has 2 aliphatic heterocycles.